The molecule has 0 unspecified atom stereocenters. The number of carbonyl (C=O) groups is 1. The quantitative estimate of drug-likeness (QED) is 0.537. The fourth-order valence-electron chi connectivity index (χ4n) is 0.874. The predicted molar refractivity (Wildman–Crippen MR) is 49.0 cm³/mol. The average molecular weight is 161 g/mol. The van der Waals surface area contributed by atoms with Crippen LogP contribution >= 0.6 is 0 Å². The van der Waals surface area contributed by atoms with Gasteiger partial charge in [0, 0.05) is 12.1 Å². The molecule has 12 heavy (non-hydrogen) atoms. The van der Waals surface area contributed by atoms with Crippen molar-refractivity contribution in [1.29, 1.82) is 0 Å². The summed E-state index contributed by atoms with van der Waals surface area (Å²) in [6, 6.07) is 9.11. The number of ketones is 1. The van der Waals surface area contributed by atoms with Gasteiger partial charge in [-0.3, -0.25) is 4.79 Å². The highest BCUT2D eigenvalue weighted by atomic mass is 16.1. The summed E-state index contributed by atoms with van der Waals surface area (Å²) in [7, 11) is 0. The third-order valence-corrected chi connectivity index (χ3v) is 1.46. The second-order valence-corrected chi connectivity index (χ2v) is 2.37. The van der Waals surface area contributed by atoms with Crippen molar-refractivity contribution in [1.82, 2.24) is 0 Å². The van der Waals surface area contributed by atoms with E-state index in [4.69, 9.17) is 5.73 Å². The van der Waals surface area contributed by atoms with Crippen LogP contribution in [0.2, 0.25) is 0 Å². The third-order valence-electron chi connectivity index (χ3n) is 1.46. The van der Waals surface area contributed by atoms with Gasteiger partial charge in [0.25, 0.3) is 0 Å². The molecule has 62 valence electrons. The summed E-state index contributed by atoms with van der Waals surface area (Å²) < 4.78 is 0. The van der Waals surface area contributed by atoms with Crippen molar-refractivity contribution in [2.75, 3.05) is 6.54 Å². The van der Waals surface area contributed by atoms with Crippen LogP contribution in [0.25, 0.3) is 0 Å². The molecule has 0 amide bonds. The van der Waals surface area contributed by atoms with E-state index in [1.807, 2.05) is 18.2 Å². The zero-order valence-electron chi connectivity index (χ0n) is 6.73. The Kier molecular flexibility index (Phi) is 3.23. The van der Waals surface area contributed by atoms with Crippen molar-refractivity contribution in [3.05, 3.63) is 48.0 Å². The van der Waals surface area contributed by atoms with Crippen molar-refractivity contribution in [2.45, 2.75) is 0 Å². The van der Waals surface area contributed by atoms with Gasteiger partial charge in [-0.1, -0.05) is 36.4 Å². The molecule has 0 bridgehead atoms. The van der Waals surface area contributed by atoms with Gasteiger partial charge in [0.05, 0.1) is 0 Å². The van der Waals surface area contributed by atoms with Gasteiger partial charge >= 0.3 is 0 Å². The Balaban J connectivity index is 2.72. The highest BCUT2D eigenvalue weighted by Crippen LogP contribution is 1.99. The van der Waals surface area contributed by atoms with Crippen molar-refractivity contribution in [3.8, 4) is 0 Å². The van der Waals surface area contributed by atoms with Gasteiger partial charge in [-0.25, -0.2) is 0 Å². The Morgan fingerprint density at radius 1 is 1.33 bits per heavy atom. The van der Waals surface area contributed by atoms with Gasteiger partial charge in [0.15, 0.2) is 5.78 Å². The SMILES string of the molecule is NCC=CC(=O)c1ccccc1. The summed E-state index contributed by atoms with van der Waals surface area (Å²) in [4.78, 5) is 11.3. The minimum atomic E-state index is 0.000972. The van der Waals surface area contributed by atoms with Crippen LogP contribution in [0.3, 0.4) is 0 Å². The molecule has 0 atom stereocenters. The zero-order chi connectivity index (χ0) is 8.81. The topological polar surface area (TPSA) is 43.1 Å². The highest BCUT2D eigenvalue weighted by Gasteiger charge is 1.97. The largest absolute Gasteiger partial charge is 0.327 e. The van der Waals surface area contributed by atoms with Crippen LogP contribution in [0.4, 0.5) is 0 Å². The minimum absolute atomic E-state index is 0.000972. The second-order valence-electron chi connectivity index (χ2n) is 2.37. The number of benzene rings is 1. The van der Waals surface area contributed by atoms with Crippen molar-refractivity contribution in [3.63, 3.8) is 0 Å². The Morgan fingerprint density at radius 2 is 2.00 bits per heavy atom. The van der Waals surface area contributed by atoms with Gasteiger partial charge in [0.1, 0.15) is 0 Å². The molecule has 0 aromatic heterocycles. The van der Waals surface area contributed by atoms with E-state index < -0.39 is 0 Å². The Hall–Kier alpha value is -1.41. The smallest absolute Gasteiger partial charge is 0.185 e. The Labute approximate surface area is 71.7 Å². The summed E-state index contributed by atoms with van der Waals surface area (Å²) in [5.41, 5.74) is 5.91. The first kappa shape index (κ1) is 8.68. The molecule has 1 rings (SSSR count). The van der Waals surface area contributed by atoms with E-state index in [2.05, 4.69) is 0 Å². The molecule has 0 radical (unpaired) electrons. The van der Waals surface area contributed by atoms with Crippen LogP contribution in [-0.4, -0.2) is 12.3 Å². The first-order valence-electron chi connectivity index (χ1n) is 3.80. The first-order valence-corrected chi connectivity index (χ1v) is 3.80. The maximum absolute atomic E-state index is 11.3. The molecule has 2 heteroatoms. The molecule has 0 heterocycles. The maximum Gasteiger partial charge on any atom is 0.185 e. The molecule has 0 aliphatic carbocycles. The lowest BCUT2D eigenvalue weighted by Gasteiger charge is -1.92. The highest BCUT2D eigenvalue weighted by molar-refractivity contribution is 6.04. The first-order chi connectivity index (χ1) is 5.84. The van der Waals surface area contributed by atoms with Crippen molar-refractivity contribution in [2.24, 2.45) is 5.73 Å². The normalized spacial score (nSPS) is 10.4. The number of nitrogens with two attached hydrogens (primary N) is 1. The van der Waals surface area contributed by atoms with Gasteiger partial charge < -0.3 is 5.73 Å². The molecule has 0 saturated carbocycles. The summed E-state index contributed by atoms with van der Waals surface area (Å²) >= 11 is 0. The Bertz CT molecular complexity index is 277. The molecule has 0 spiro atoms. The van der Waals surface area contributed by atoms with Crippen molar-refractivity contribution < 1.29 is 4.79 Å². The standard InChI is InChI=1S/C10H11NO/c11-8-4-7-10(12)9-5-2-1-3-6-9/h1-7H,8,11H2. The van der Waals surface area contributed by atoms with Gasteiger partial charge in [0.2, 0.25) is 0 Å². The molecule has 0 fully saturated rings. The molecule has 1 aromatic carbocycles. The lowest BCUT2D eigenvalue weighted by molar-refractivity contribution is 0.104. The number of carbonyl (C=O) groups excluding carboxylic acids is 1. The number of rotatable bonds is 3. The van der Waals surface area contributed by atoms with Crippen molar-refractivity contribution >= 4 is 5.78 Å². The summed E-state index contributed by atoms with van der Waals surface area (Å²) in [6.07, 6.45) is 3.14. The number of hydrogen-bond acceptors (Lipinski definition) is 2. The average Bonchev–Trinajstić information content (AvgIpc) is 2.15. The lowest BCUT2D eigenvalue weighted by Crippen LogP contribution is -1.97. The molecular weight excluding hydrogens is 150 g/mol. The van der Waals surface area contributed by atoms with Crippen LogP contribution in [0.5, 0.6) is 0 Å². The number of allylic oxidation sites excluding steroid dienone is 1. The van der Waals surface area contributed by atoms with Crippen LogP contribution in [0.1, 0.15) is 10.4 Å². The van der Waals surface area contributed by atoms with E-state index in [1.165, 1.54) is 6.08 Å². The lowest BCUT2D eigenvalue weighted by atomic mass is 10.1. The van der Waals surface area contributed by atoms with Crippen LogP contribution in [-0.2, 0) is 0 Å². The summed E-state index contributed by atoms with van der Waals surface area (Å²) in [6.45, 7) is 0.401. The van der Waals surface area contributed by atoms with Gasteiger partial charge in [-0.15, -0.1) is 0 Å². The third kappa shape index (κ3) is 2.32. The molecule has 0 aliphatic rings. The van der Waals surface area contributed by atoms with E-state index in [-0.39, 0.29) is 5.78 Å². The van der Waals surface area contributed by atoms with E-state index in [9.17, 15) is 4.79 Å². The van der Waals surface area contributed by atoms with Gasteiger partial charge in [-0.2, -0.15) is 0 Å². The summed E-state index contributed by atoms with van der Waals surface area (Å²) in [5, 5.41) is 0. The summed E-state index contributed by atoms with van der Waals surface area (Å²) in [5.74, 6) is 0.000972. The van der Waals surface area contributed by atoms with E-state index in [0.29, 0.717) is 12.1 Å². The fourth-order valence-corrected chi connectivity index (χ4v) is 0.874. The molecule has 0 saturated heterocycles. The molecule has 2 N–H and O–H groups in total. The van der Waals surface area contributed by atoms with E-state index in [0.717, 1.165) is 0 Å². The monoisotopic (exact) mass is 161 g/mol. The fraction of sp³-hybridized carbons (Fsp3) is 0.100. The molecular formula is C10H11NO. The molecule has 1 aromatic rings. The maximum atomic E-state index is 11.3. The van der Waals surface area contributed by atoms with Crippen LogP contribution in [0.15, 0.2) is 42.5 Å². The predicted octanol–water partition coefficient (Wildman–Crippen LogP) is 1.38. The second kappa shape index (κ2) is 4.46. The van der Waals surface area contributed by atoms with Crippen LogP contribution in [0, 0.1) is 0 Å². The van der Waals surface area contributed by atoms with Crippen LogP contribution < -0.4 is 5.73 Å². The zero-order valence-corrected chi connectivity index (χ0v) is 6.73. The number of hydrogen-bond donors (Lipinski definition) is 1. The van der Waals surface area contributed by atoms with E-state index in [1.54, 1.807) is 18.2 Å². The van der Waals surface area contributed by atoms with Gasteiger partial charge in [-0.05, 0) is 6.08 Å². The Morgan fingerprint density at radius 3 is 2.58 bits per heavy atom. The van der Waals surface area contributed by atoms with E-state index >= 15 is 0 Å². The molecule has 2 nitrogen and oxygen atoms in total. The minimum Gasteiger partial charge on any atom is -0.327 e. The molecule has 0 aliphatic heterocycles.